The summed E-state index contributed by atoms with van der Waals surface area (Å²) in [4.78, 5) is 45.3. The lowest BCUT2D eigenvalue weighted by atomic mass is 9.58. The average Bonchev–Trinajstić information content (AvgIpc) is 2.80. The van der Waals surface area contributed by atoms with Gasteiger partial charge in [-0.25, -0.2) is 4.39 Å². The van der Waals surface area contributed by atoms with Crippen molar-refractivity contribution < 1.29 is 44.0 Å². The monoisotopic (exact) mass is 505 g/mol. The zero-order chi connectivity index (χ0) is 26.5. The van der Waals surface area contributed by atoms with Crippen molar-refractivity contribution in [1.82, 2.24) is 10.4 Å². The predicted molar refractivity (Wildman–Crippen MR) is 122 cm³/mol. The number of phenols is 1. The van der Waals surface area contributed by atoms with Crippen molar-refractivity contribution in [3.8, 4) is 5.75 Å². The number of hydrogen-bond donors (Lipinski definition) is 6. The Labute approximate surface area is 205 Å². The number of amides is 1. The van der Waals surface area contributed by atoms with Gasteiger partial charge in [0, 0.05) is 18.0 Å². The minimum atomic E-state index is -2.68. The van der Waals surface area contributed by atoms with Crippen LogP contribution in [0, 0.1) is 11.8 Å². The Morgan fingerprint density at radius 1 is 1.28 bits per heavy atom. The fraction of sp³-hybridized carbons (Fsp3) is 0.458. The lowest BCUT2D eigenvalue weighted by Gasteiger charge is -2.50. The van der Waals surface area contributed by atoms with Crippen LogP contribution in [0.1, 0.15) is 27.9 Å². The van der Waals surface area contributed by atoms with Crippen LogP contribution in [0.25, 0.3) is 0 Å². The van der Waals surface area contributed by atoms with Gasteiger partial charge in [-0.05, 0) is 50.0 Å². The molecule has 4 atom stereocenters. The van der Waals surface area contributed by atoms with Crippen molar-refractivity contribution in [2.24, 2.45) is 17.6 Å². The number of carbonyl (C=O) groups excluding carboxylic acids is 3. The van der Waals surface area contributed by atoms with Gasteiger partial charge in [-0.1, -0.05) is 6.07 Å². The van der Waals surface area contributed by atoms with E-state index in [0.29, 0.717) is 11.1 Å². The van der Waals surface area contributed by atoms with Crippen molar-refractivity contribution in [2.45, 2.75) is 31.0 Å². The predicted octanol–water partition coefficient (Wildman–Crippen LogP) is 0.111. The summed E-state index contributed by atoms with van der Waals surface area (Å²) in [7, 11) is 3.12. The Bertz CT molecular complexity index is 1210. The van der Waals surface area contributed by atoms with Crippen LogP contribution < -0.4 is 11.2 Å². The first-order valence-electron chi connectivity index (χ1n) is 11.4. The number of phenolic OH excluding ortho intramolecular Hbond substituents is 1. The Balaban J connectivity index is 1.85. The topological polar surface area (TPSA) is 183 Å². The fourth-order valence-corrected chi connectivity index (χ4v) is 5.72. The van der Waals surface area contributed by atoms with E-state index in [1.54, 1.807) is 20.2 Å². The highest BCUT2D eigenvalue weighted by Gasteiger charge is 2.63. The van der Waals surface area contributed by atoms with E-state index in [1.807, 2.05) is 0 Å². The van der Waals surface area contributed by atoms with Crippen LogP contribution in [-0.4, -0.2) is 81.8 Å². The number of Topliss-reactive ketones (excluding diaryl/α,β-unsaturated/α-hetero) is 2. The minimum absolute atomic E-state index is 0.00730. The second-order valence-corrected chi connectivity index (χ2v) is 9.42. The van der Waals surface area contributed by atoms with Gasteiger partial charge in [-0.3, -0.25) is 24.1 Å². The molecule has 0 radical (unpaired) electrons. The molecule has 1 aromatic rings. The standard InChI is InChI=1S/C24H28FN3O8/c1-28(2)18-13-8-11-7-12-10(9-27-36-6-5-25)3-4-14(29)16(12)19(30)15(11)21(32)24(13,35)22(33)17(20(18)31)23(26)34/h3-4,11,13,18,27,29,31-32,35H,5-9H2,1-2H3,(H2,26,34)/t11-,13-,18+,24-/m0/s1. The van der Waals surface area contributed by atoms with E-state index in [1.165, 1.54) is 11.0 Å². The highest BCUT2D eigenvalue weighted by Crippen LogP contribution is 2.52. The zero-order valence-corrected chi connectivity index (χ0v) is 19.7. The first kappa shape index (κ1) is 25.8. The molecule has 0 saturated heterocycles. The Kier molecular flexibility index (Phi) is 6.64. The maximum absolute atomic E-state index is 13.6. The molecule has 36 heavy (non-hydrogen) atoms. The van der Waals surface area contributed by atoms with Crippen LogP contribution >= 0.6 is 0 Å². The van der Waals surface area contributed by atoms with Crippen LogP contribution in [0.2, 0.25) is 0 Å². The molecule has 12 heteroatoms. The lowest BCUT2D eigenvalue weighted by Crippen LogP contribution is -2.63. The minimum Gasteiger partial charge on any atom is -0.510 e. The summed E-state index contributed by atoms with van der Waals surface area (Å²) in [6, 6.07) is 1.82. The number of ketones is 2. The maximum atomic E-state index is 13.6. The number of benzene rings is 1. The number of primary amides is 1. The van der Waals surface area contributed by atoms with E-state index < -0.39 is 64.7 Å². The summed E-state index contributed by atoms with van der Waals surface area (Å²) >= 11 is 0. The highest BCUT2D eigenvalue weighted by molar-refractivity contribution is 6.24. The van der Waals surface area contributed by atoms with E-state index in [-0.39, 0.29) is 42.9 Å². The summed E-state index contributed by atoms with van der Waals surface area (Å²) in [5.41, 5.74) is 5.12. The van der Waals surface area contributed by atoms with Crippen molar-refractivity contribution in [1.29, 1.82) is 0 Å². The van der Waals surface area contributed by atoms with Crippen molar-refractivity contribution in [3.63, 3.8) is 0 Å². The molecule has 1 aromatic carbocycles. The number of carbonyl (C=O) groups is 3. The third-order valence-electron chi connectivity index (χ3n) is 7.25. The normalized spacial score (nSPS) is 27.8. The summed E-state index contributed by atoms with van der Waals surface area (Å²) in [5.74, 6) is -7.02. The molecule has 194 valence electrons. The van der Waals surface area contributed by atoms with Gasteiger partial charge in [0.1, 0.15) is 29.5 Å². The number of nitrogens with zero attached hydrogens (tertiary/aromatic N) is 1. The number of allylic oxidation sites excluding steroid dienone is 1. The quantitative estimate of drug-likeness (QED) is 0.169. The van der Waals surface area contributed by atoms with Gasteiger partial charge in [-0.15, -0.1) is 0 Å². The summed E-state index contributed by atoms with van der Waals surface area (Å²) in [6.45, 7) is -0.762. The van der Waals surface area contributed by atoms with Crippen LogP contribution in [0.15, 0.2) is 34.8 Å². The molecule has 3 aliphatic carbocycles. The van der Waals surface area contributed by atoms with Gasteiger partial charge >= 0.3 is 0 Å². The van der Waals surface area contributed by atoms with Crippen molar-refractivity contribution in [3.05, 3.63) is 51.5 Å². The molecule has 0 bridgehead atoms. The van der Waals surface area contributed by atoms with E-state index in [4.69, 9.17) is 10.6 Å². The summed E-state index contributed by atoms with van der Waals surface area (Å²) in [6.07, 6.45) is 0.149. The molecular formula is C24H28FN3O8. The number of nitrogens with one attached hydrogen (secondary N) is 1. The van der Waals surface area contributed by atoms with E-state index in [2.05, 4.69) is 5.48 Å². The van der Waals surface area contributed by atoms with Crippen LogP contribution in [-0.2, 0) is 27.4 Å². The Morgan fingerprint density at radius 3 is 2.58 bits per heavy atom. The van der Waals surface area contributed by atoms with E-state index in [9.17, 15) is 39.2 Å². The number of aliphatic hydroxyl groups excluding tert-OH is 2. The summed E-state index contributed by atoms with van der Waals surface area (Å²) in [5, 5.41) is 44.1. The third kappa shape index (κ3) is 3.68. The SMILES string of the molecule is CN(C)[C@H]1C(O)=C(C(N)=O)C(=O)[C@@]2(O)C(O)=C3C(=O)c4c(O)ccc(CNOCCF)c4C[C@H]3C[C@@H]12. The smallest absolute Gasteiger partial charge is 0.255 e. The number of hydrogen-bond acceptors (Lipinski definition) is 10. The first-order chi connectivity index (χ1) is 17.0. The molecule has 0 aliphatic heterocycles. The number of likely N-dealkylation sites (N-methyl/N-ethyl adjacent to an activating group) is 1. The van der Waals surface area contributed by atoms with E-state index >= 15 is 0 Å². The number of rotatable bonds is 7. The number of halogens is 1. The molecule has 0 spiro atoms. The second-order valence-electron chi connectivity index (χ2n) is 9.42. The van der Waals surface area contributed by atoms with Gasteiger partial charge in [0.2, 0.25) is 5.78 Å². The molecule has 1 amide bonds. The van der Waals surface area contributed by atoms with Crippen LogP contribution in [0.5, 0.6) is 5.75 Å². The number of alkyl halides is 1. The molecule has 0 aromatic heterocycles. The largest absolute Gasteiger partial charge is 0.510 e. The molecule has 0 unspecified atom stereocenters. The maximum Gasteiger partial charge on any atom is 0.255 e. The molecule has 0 heterocycles. The number of nitrogens with two attached hydrogens (primary N) is 1. The van der Waals surface area contributed by atoms with E-state index in [0.717, 1.165) is 0 Å². The zero-order valence-electron chi connectivity index (χ0n) is 19.7. The lowest BCUT2D eigenvalue weighted by molar-refractivity contribution is -0.148. The van der Waals surface area contributed by atoms with Crippen molar-refractivity contribution >= 4 is 17.5 Å². The molecule has 4 rings (SSSR count). The van der Waals surface area contributed by atoms with Crippen LogP contribution in [0.3, 0.4) is 0 Å². The molecular weight excluding hydrogens is 477 g/mol. The highest BCUT2D eigenvalue weighted by atomic mass is 19.1. The van der Waals surface area contributed by atoms with Crippen molar-refractivity contribution in [2.75, 3.05) is 27.4 Å². The average molecular weight is 505 g/mol. The molecule has 11 nitrogen and oxygen atoms in total. The van der Waals surface area contributed by atoms with Gasteiger partial charge in [0.05, 0.1) is 18.2 Å². The Hall–Kier alpha value is -3.32. The molecule has 7 N–H and O–H groups in total. The number of hydroxylamine groups is 1. The molecule has 0 fully saturated rings. The van der Waals surface area contributed by atoms with Gasteiger partial charge in [0.15, 0.2) is 11.4 Å². The number of aliphatic hydroxyl groups is 3. The fourth-order valence-electron chi connectivity index (χ4n) is 5.72. The van der Waals surface area contributed by atoms with Gasteiger partial charge in [0.25, 0.3) is 5.91 Å². The Morgan fingerprint density at radius 2 is 1.97 bits per heavy atom. The second kappa shape index (κ2) is 9.28. The molecule has 0 saturated carbocycles. The third-order valence-corrected chi connectivity index (χ3v) is 7.25. The molecule has 3 aliphatic rings. The van der Waals surface area contributed by atoms with Gasteiger partial charge < -0.3 is 26.2 Å². The summed E-state index contributed by atoms with van der Waals surface area (Å²) < 4.78 is 12.3. The first-order valence-corrected chi connectivity index (χ1v) is 11.4. The van der Waals surface area contributed by atoms with Crippen LogP contribution in [0.4, 0.5) is 4.39 Å². The number of aromatic hydroxyl groups is 1. The van der Waals surface area contributed by atoms with Gasteiger partial charge in [-0.2, -0.15) is 5.48 Å². The number of fused-ring (bicyclic) bond motifs is 3.